The third kappa shape index (κ3) is 3.83. The number of pyridine rings is 1. The second-order valence-corrected chi connectivity index (χ2v) is 4.11. The normalized spacial score (nSPS) is 9.53. The lowest BCUT2D eigenvalue weighted by Gasteiger charge is -2.01. The van der Waals surface area contributed by atoms with Gasteiger partial charge in [-0.1, -0.05) is 30.3 Å². The Hall–Kier alpha value is -1.81. The molecule has 0 N–H and O–H groups in total. The number of carbonyl (C=O) groups is 2. The number of benzene rings is 1. The number of hydrogen-bond acceptors (Lipinski definition) is 2. The van der Waals surface area contributed by atoms with Gasteiger partial charge in [0, 0.05) is 24.6 Å². The van der Waals surface area contributed by atoms with Crippen LogP contribution in [0.1, 0.15) is 23.0 Å². The van der Waals surface area contributed by atoms with E-state index in [9.17, 15) is 9.59 Å². The van der Waals surface area contributed by atoms with Crippen LogP contribution in [0.4, 0.5) is 0 Å². The largest absolute Gasteiger partial charge is 1.00 e. The lowest BCUT2D eigenvalue weighted by Crippen LogP contribution is -3.00. The molecular formula is C15H14BrNO2. The van der Waals surface area contributed by atoms with Gasteiger partial charge in [-0.2, -0.15) is 4.57 Å². The van der Waals surface area contributed by atoms with Gasteiger partial charge in [0.25, 0.3) is 11.5 Å². The molecule has 0 radical (unpaired) electrons. The van der Waals surface area contributed by atoms with Crippen LogP contribution < -0.4 is 21.5 Å². The Balaban J connectivity index is 0.00000180. The van der Waals surface area contributed by atoms with Crippen molar-refractivity contribution in [1.82, 2.24) is 0 Å². The van der Waals surface area contributed by atoms with Crippen molar-refractivity contribution in [2.75, 3.05) is 0 Å². The SMILES string of the molecule is CC(=O)C[n+]1ccccc1C(=O)c1ccccc1.[Br-]. The minimum atomic E-state index is -0.0718. The number of ketones is 2. The maximum Gasteiger partial charge on any atom is 0.256 e. The van der Waals surface area contributed by atoms with Crippen molar-refractivity contribution < 1.29 is 31.1 Å². The zero-order valence-electron chi connectivity index (χ0n) is 10.5. The second-order valence-electron chi connectivity index (χ2n) is 4.11. The fourth-order valence-corrected chi connectivity index (χ4v) is 1.80. The number of nitrogens with zero attached hydrogens (tertiary/aromatic N) is 1. The third-order valence-electron chi connectivity index (χ3n) is 2.60. The minimum Gasteiger partial charge on any atom is -1.00 e. The summed E-state index contributed by atoms with van der Waals surface area (Å²) in [6, 6.07) is 14.4. The summed E-state index contributed by atoms with van der Waals surface area (Å²) >= 11 is 0. The highest BCUT2D eigenvalue weighted by Crippen LogP contribution is 2.05. The number of Topliss-reactive ketones (excluding diaryl/α,β-unsaturated/α-hetero) is 1. The predicted octanol–water partition coefficient (Wildman–Crippen LogP) is -1.20. The van der Waals surface area contributed by atoms with Gasteiger partial charge in [0.1, 0.15) is 0 Å². The van der Waals surface area contributed by atoms with Gasteiger partial charge < -0.3 is 17.0 Å². The highest BCUT2D eigenvalue weighted by Gasteiger charge is 2.20. The molecule has 0 aliphatic carbocycles. The average Bonchev–Trinajstić information content (AvgIpc) is 2.39. The van der Waals surface area contributed by atoms with Crippen LogP contribution in [0.5, 0.6) is 0 Å². The van der Waals surface area contributed by atoms with Gasteiger partial charge in [-0.15, -0.1) is 0 Å². The quantitative estimate of drug-likeness (QED) is 0.524. The Morgan fingerprint density at radius 3 is 2.26 bits per heavy atom. The molecule has 1 aromatic heterocycles. The molecule has 0 aliphatic heterocycles. The van der Waals surface area contributed by atoms with Crippen LogP contribution in [0.3, 0.4) is 0 Å². The van der Waals surface area contributed by atoms with E-state index in [1.54, 1.807) is 35.0 Å². The molecule has 1 aromatic carbocycles. The highest BCUT2D eigenvalue weighted by atomic mass is 79.9. The number of halogens is 1. The Kier molecular flexibility index (Phi) is 5.57. The fraction of sp³-hybridized carbons (Fsp3) is 0.133. The molecule has 2 rings (SSSR count). The minimum absolute atomic E-state index is 0. The first-order chi connectivity index (χ1) is 8.68. The van der Waals surface area contributed by atoms with Crippen LogP contribution >= 0.6 is 0 Å². The van der Waals surface area contributed by atoms with E-state index in [0.29, 0.717) is 11.3 Å². The van der Waals surface area contributed by atoms with E-state index in [1.807, 2.05) is 24.3 Å². The van der Waals surface area contributed by atoms with Crippen molar-refractivity contribution in [3.8, 4) is 0 Å². The summed E-state index contributed by atoms with van der Waals surface area (Å²) in [7, 11) is 0. The standard InChI is InChI=1S/C15H14NO2.BrH/c1-12(17)11-16-10-6-5-9-14(16)15(18)13-7-3-2-4-8-13;/h2-10H,11H2,1H3;1H/q+1;/p-1. The van der Waals surface area contributed by atoms with Crippen LogP contribution in [0, 0.1) is 0 Å². The number of aromatic nitrogens is 1. The molecule has 1 heterocycles. The van der Waals surface area contributed by atoms with Gasteiger partial charge in [-0.3, -0.25) is 9.59 Å². The molecule has 0 bridgehead atoms. The molecule has 0 aliphatic rings. The first-order valence-corrected chi connectivity index (χ1v) is 5.76. The zero-order chi connectivity index (χ0) is 13.0. The van der Waals surface area contributed by atoms with Crippen LogP contribution in [0.25, 0.3) is 0 Å². The molecule has 19 heavy (non-hydrogen) atoms. The zero-order valence-corrected chi connectivity index (χ0v) is 12.1. The molecule has 98 valence electrons. The average molecular weight is 320 g/mol. The topological polar surface area (TPSA) is 38.0 Å². The van der Waals surface area contributed by atoms with Gasteiger partial charge in [0.05, 0.1) is 0 Å². The third-order valence-corrected chi connectivity index (χ3v) is 2.60. The molecular weight excluding hydrogens is 306 g/mol. The van der Waals surface area contributed by atoms with Crippen molar-refractivity contribution >= 4 is 11.6 Å². The van der Waals surface area contributed by atoms with Gasteiger partial charge in [0.15, 0.2) is 12.0 Å². The molecule has 3 nitrogen and oxygen atoms in total. The first kappa shape index (κ1) is 15.2. The van der Waals surface area contributed by atoms with Crippen molar-refractivity contribution in [2.45, 2.75) is 13.5 Å². The molecule has 0 atom stereocenters. The summed E-state index contributed by atoms with van der Waals surface area (Å²) < 4.78 is 1.68. The summed E-state index contributed by atoms with van der Waals surface area (Å²) in [5.41, 5.74) is 1.15. The molecule has 0 unspecified atom stereocenters. The van der Waals surface area contributed by atoms with Crippen molar-refractivity contribution in [1.29, 1.82) is 0 Å². The predicted molar refractivity (Wildman–Crippen MR) is 67.2 cm³/mol. The van der Waals surface area contributed by atoms with E-state index in [-0.39, 0.29) is 35.1 Å². The Morgan fingerprint density at radius 1 is 1.00 bits per heavy atom. The molecule has 0 amide bonds. The van der Waals surface area contributed by atoms with Crippen LogP contribution in [-0.4, -0.2) is 11.6 Å². The first-order valence-electron chi connectivity index (χ1n) is 5.76. The van der Waals surface area contributed by atoms with Crippen LogP contribution in [0.15, 0.2) is 54.7 Å². The summed E-state index contributed by atoms with van der Waals surface area (Å²) in [6.07, 6.45) is 1.75. The lowest BCUT2D eigenvalue weighted by molar-refractivity contribution is -0.685. The van der Waals surface area contributed by atoms with E-state index in [4.69, 9.17) is 0 Å². The smallest absolute Gasteiger partial charge is 0.256 e. The van der Waals surface area contributed by atoms with Crippen LogP contribution in [0.2, 0.25) is 0 Å². The molecule has 0 fully saturated rings. The maximum absolute atomic E-state index is 12.3. The molecule has 2 aromatic rings. The van der Waals surface area contributed by atoms with E-state index in [0.717, 1.165) is 0 Å². The Labute approximate surface area is 122 Å². The van der Waals surface area contributed by atoms with Crippen LogP contribution in [-0.2, 0) is 11.3 Å². The van der Waals surface area contributed by atoms with Crippen molar-refractivity contribution in [3.05, 3.63) is 66.0 Å². The van der Waals surface area contributed by atoms with E-state index < -0.39 is 0 Å². The summed E-state index contributed by atoms with van der Waals surface area (Å²) in [4.78, 5) is 23.5. The molecule has 0 saturated carbocycles. The van der Waals surface area contributed by atoms with Gasteiger partial charge >= 0.3 is 0 Å². The monoisotopic (exact) mass is 319 g/mol. The maximum atomic E-state index is 12.3. The lowest BCUT2D eigenvalue weighted by atomic mass is 10.1. The Morgan fingerprint density at radius 2 is 1.63 bits per heavy atom. The van der Waals surface area contributed by atoms with E-state index >= 15 is 0 Å². The molecule has 0 saturated heterocycles. The molecule has 0 spiro atoms. The molecule has 4 heteroatoms. The number of rotatable bonds is 4. The summed E-state index contributed by atoms with van der Waals surface area (Å²) in [5, 5.41) is 0. The van der Waals surface area contributed by atoms with E-state index in [2.05, 4.69) is 0 Å². The second kappa shape index (κ2) is 6.95. The number of carbonyl (C=O) groups excluding carboxylic acids is 2. The van der Waals surface area contributed by atoms with Crippen molar-refractivity contribution in [2.24, 2.45) is 0 Å². The van der Waals surface area contributed by atoms with Gasteiger partial charge in [-0.25, -0.2) is 0 Å². The van der Waals surface area contributed by atoms with Gasteiger partial charge in [-0.05, 0) is 6.07 Å². The summed E-state index contributed by atoms with van der Waals surface area (Å²) in [6.45, 7) is 1.73. The fourth-order valence-electron chi connectivity index (χ4n) is 1.80. The van der Waals surface area contributed by atoms with Gasteiger partial charge in [0.2, 0.25) is 6.54 Å². The summed E-state index contributed by atoms with van der Waals surface area (Å²) in [5.74, 6) is -0.0502. The Bertz CT molecular complexity index is 582. The number of hydrogen-bond donors (Lipinski definition) is 0. The highest BCUT2D eigenvalue weighted by molar-refractivity contribution is 6.06. The van der Waals surface area contributed by atoms with E-state index in [1.165, 1.54) is 6.92 Å². The van der Waals surface area contributed by atoms with Crippen molar-refractivity contribution in [3.63, 3.8) is 0 Å².